The van der Waals surface area contributed by atoms with Crippen LogP contribution in [-0.4, -0.2) is 42.6 Å². The average molecular weight is 265 g/mol. The Hall–Kier alpha value is -1.62. The molecule has 2 N–H and O–H groups in total. The van der Waals surface area contributed by atoms with E-state index < -0.39 is 0 Å². The van der Waals surface area contributed by atoms with Gasteiger partial charge in [0.05, 0.1) is 6.61 Å². The van der Waals surface area contributed by atoms with Gasteiger partial charge in [0.2, 0.25) is 0 Å². The van der Waals surface area contributed by atoms with E-state index >= 15 is 0 Å². The first-order valence-corrected chi connectivity index (χ1v) is 6.68. The number of hydrogen-bond donors (Lipinski definition) is 1. The third-order valence-corrected chi connectivity index (χ3v) is 2.77. The Bertz CT molecular complexity index is 421. The molecule has 0 aliphatic rings. The lowest BCUT2D eigenvalue weighted by Crippen LogP contribution is -2.30. The molecule has 1 heterocycles. The molecule has 1 rings (SSSR count). The highest BCUT2D eigenvalue weighted by Crippen LogP contribution is 2.11. The highest BCUT2D eigenvalue weighted by molar-refractivity contribution is 5.94. The van der Waals surface area contributed by atoms with E-state index in [-0.39, 0.29) is 5.91 Å². The number of rotatable bonds is 7. The number of pyridine rings is 1. The van der Waals surface area contributed by atoms with Crippen LogP contribution in [0.5, 0.6) is 0 Å². The molecule has 0 saturated carbocycles. The van der Waals surface area contributed by atoms with Gasteiger partial charge in [0, 0.05) is 31.5 Å². The van der Waals surface area contributed by atoms with Gasteiger partial charge in [-0.2, -0.15) is 0 Å². The minimum atomic E-state index is -0.0499. The van der Waals surface area contributed by atoms with Crippen molar-refractivity contribution in [3.05, 3.63) is 23.4 Å². The van der Waals surface area contributed by atoms with Crippen LogP contribution < -0.4 is 5.73 Å². The summed E-state index contributed by atoms with van der Waals surface area (Å²) >= 11 is 0. The molecule has 106 valence electrons. The van der Waals surface area contributed by atoms with Crippen molar-refractivity contribution in [1.82, 2.24) is 9.88 Å². The number of aryl methyl sites for hydroxylation is 1. The molecule has 0 aliphatic carbocycles. The number of nitrogens with zero attached hydrogens (tertiary/aromatic N) is 2. The summed E-state index contributed by atoms with van der Waals surface area (Å²) in [6.45, 7) is 5.77. The second kappa shape index (κ2) is 7.74. The zero-order valence-corrected chi connectivity index (χ0v) is 12.0. The molecule has 5 nitrogen and oxygen atoms in total. The second-order valence-electron chi connectivity index (χ2n) is 4.45. The zero-order valence-electron chi connectivity index (χ0n) is 12.0. The monoisotopic (exact) mass is 265 g/mol. The predicted molar refractivity (Wildman–Crippen MR) is 76.1 cm³/mol. The summed E-state index contributed by atoms with van der Waals surface area (Å²) in [6.07, 6.45) is 1.80. The van der Waals surface area contributed by atoms with Crippen LogP contribution in [-0.2, 0) is 11.2 Å². The Morgan fingerprint density at radius 3 is 2.79 bits per heavy atom. The molecule has 0 unspecified atom stereocenters. The smallest absolute Gasteiger partial charge is 0.253 e. The molecule has 0 radical (unpaired) electrons. The highest BCUT2D eigenvalue weighted by atomic mass is 16.5. The minimum Gasteiger partial charge on any atom is -0.384 e. The van der Waals surface area contributed by atoms with Gasteiger partial charge in [-0.05, 0) is 25.5 Å². The molecule has 1 aromatic heterocycles. The first-order chi connectivity index (χ1) is 9.08. The van der Waals surface area contributed by atoms with Crippen LogP contribution in [0.15, 0.2) is 12.1 Å². The van der Waals surface area contributed by atoms with Crippen molar-refractivity contribution >= 4 is 11.7 Å². The summed E-state index contributed by atoms with van der Waals surface area (Å²) in [4.78, 5) is 18.1. The number of likely N-dealkylation sites (N-methyl/N-ethyl adjacent to an activating group) is 1. The Labute approximate surface area is 114 Å². The first-order valence-electron chi connectivity index (χ1n) is 6.68. The van der Waals surface area contributed by atoms with Crippen molar-refractivity contribution in [3.8, 4) is 0 Å². The van der Waals surface area contributed by atoms with E-state index in [4.69, 9.17) is 10.5 Å². The number of carbonyl (C=O) groups is 1. The minimum absolute atomic E-state index is 0.0499. The van der Waals surface area contributed by atoms with Crippen molar-refractivity contribution in [2.24, 2.45) is 0 Å². The van der Waals surface area contributed by atoms with Crippen LogP contribution in [0, 0.1) is 0 Å². The lowest BCUT2D eigenvalue weighted by molar-refractivity contribution is 0.0710. The topological polar surface area (TPSA) is 68.5 Å². The molecule has 19 heavy (non-hydrogen) atoms. The van der Waals surface area contributed by atoms with Crippen molar-refractivity contribution in [3.63, 3.8) is 0 Å². The van der Waals surface area contributed by atoms with Crippen molar-refractivity contribution in [2.75, 3.05) is 32.5 Å². The van der Waals surface area contributed by atoms with Gasteiger partial charge in [-0.25, -0.2) is 4.98 Å². The average Bonchev–Trinajstić information content (AvgIpc) is 2.37. The van der Waals surface area contributed by atoms with Crippen LogP contribution in [0.3, 0.4) is 0 Å². The van der Waals surface area contributed by atoms with Gasteiger partial charge < -0.3 is 15.4 Å². The van der Waals surface area contributed by atoms with Crippen LogP contribution >= 0.6 is 0 Å². The summed E-state index contributed by atoms with van der Waals surface area (Å²) < 4.78 is 5.25. The number of nitrogens with two attached hydrogens (primary N) is 1. The van der Waals surface area contributed by atoms with Crippen LogP contribution in [0.4, 0.5) is 5.82 Å². The molecular formula is C14H23N3O2. The molecule has 0 aromatic carbocycles. The predicted octanol–water partition coefficient (Wildman–Crippen LogP) is 1.72. The number of nitrogen functional groups attached to an aromatic ring is 1. The van der Waals surface area contributed by atoms with Gasteiger partial charge >= 0.3 is 0 Å². The van der Waals surface area contributed by atoms with Gasteiger partial charge in [-0.1, -0.05) is 13.3 Å². The van der Waals surface area contributed by atoms with Crippen LogP contribution in [0.1, 0.15) is 36.3 Å². The number of anilines is 1. The fourth-order valence-electron chi connectivity index (χ4n) is 1.79. The van der Waals surface area contributed by atoms with Crippen molar-refractivity contribution < 1.29 is 9.53 Å². The first kappa shape index (κ1) is 15.4. The van der Waals surface area contributed by atoms with Gasteiger partial charge in [0.25, 0.3) is 5.91 Å². The van der Waals surface area contributed by atoms with E-state index in [1.54, 1.807) is 18.0 Å². The van der Waals surface area contributed by atoms with Crippen LogP contribution in [0.2, 0.25) is 0 Å². The number of carbonyl (C=O) groups excluding carboxylic acids is 1. The van der Waals surface area contributed by atoms with E-state index in [0.717, 1.165) is 18.5 Å². The van der Waals surface area contributed by atoms with E-state index in [2.05, 4.69) is 11.9 Å². The molecule has 0 spiro atoms. The highest BCUT2D eigenvalue weighted by Gasteiger charge is 2.13. The number of amides is 1. The van der Waals surface area contributed by atoms with Crippen molar-refractivity contribution in [2.45, 2.75) is 26.7 Å². The number of hydrogen-bond acceptors (Lipinski definition) is 4. The molecule has 0 aliphatic heterocycles. The third-order valence-electron chi connectivity index (χ3n) is 2.77. The Morgan fingerprint density at radius 2 is 2.16 bits per heavy atom. The molecule has 0 bridgehead atoms. The Kier molecular flexibility index (Phi) is 6.29. The van der Waals surface area contributed by atoms with E-state index in [1.165, 1.54) is 0 Å². The SMILES string of the molecule is CCCc1cc(C(=O)N(C)CCOCC)cc(N)n1. The summed E-state index contributed by atoms with van der Waals surface area (Å²) in [5, 5.41) is 0. The van der Waals surface area contributed by atoms with Gasteiger partial charge in [-0.15, -0.1) is 0 Å². The van der Waals surface area contributed by atoms with E-state index in [1.807, 2.05) is 13.0 Å². The Balaban J connectivity index is 2.74. The zero-order chi connectivity index (χ0) is 14.3. The fraction of sp³-hybridized carbons (Fsp3) is 0.571. The lowest BCUT2D eigenvalue weighted by atomic mass is 10.1. The third kappa shape index (κ3) is 4.87. The summed E-state index contributed by atoms with van der Waals surface area (Å²) in [5.41, 5.74) is 7.20. The molecule has 0 fully saturated rings. The van der Waals surface area contributed by atoms with Gasteiger partial charge in [0.1, 0.15) is 5.82 Å². The largest absolute Gasteiger partial charge is 0.384 e. The van der Waals surface area contributed by atoms with Gasteiger partial charge in [0.15, 0.2) is 0 Å². The fourth-order valence-corrected chi connectivity index (χ4v) is 1.79. The Morgan fingerprint density at radius 1 is 1.42 bits per heavy atom. The molecule has 5 heteroatoms. The van der Waals surface area contributed by atoms with E-state index in [0.29, 0.717) is 31.1 Å². The number of aromatic nitrogens is 1. The van der Waals surface area contributed by atoms with Crippen molar-refractivity contribution in [1.29, 1.82) is 0 Å². The van der Waals surface area contributed by atoms with E-state index in [9.17, 15) is 4.79 Å². The normalized spacial score (nSPS) is 10.5. The maximum absolute atomic E-state index is 12.2. The number of ether oxygens (including phenoxy) is 1. The van der Waals surface area contributed by atoms with Gasteiger partial charge in [-0.3, -0.25) is 4.79 Å². The summed E-state index contributed by atoms with van der Waals surface area (Å²) in [7, 11) is 1.76. The summed E-state index contributed by atoms with van der Waals surface area (Å²) in [6, 6.07) is 3.44. The second-order valence-corrected chi connectivity index (χ2v) is 4.45. The van der Waals surface area contributed by atoms with Crippen LogP contribution in [0.25, 0.3) is 0 Å². The maximum atomic E-state index is 12.2. The standard InChI is InChI=1S/C14H23N3O2/c1-4-6-12-9-11(10-13(15)16-12)14(18)17(3)7-8-19-5-2/h9-10H,4-8H2,1-3H3,(H2,15,16). The lowest BCUT2D eigenvalue weighted by Gasteiger charge is -2.17. The molecule has 0 atom stereocenters. The summed E-state index contributed by atoms with van der Waals surface area (Å²) in [5.74, 6) is 0.346. The molecule has 0 saturated heterocycles. The maximum Gasteiger partial charge on any atom is 0.253 e. The quantitative estimate of drug-likeness (QED) is 0.762. The molecule has 1 amide bonds. The molecular weight excluding hydrogens is 242 g/mol. The molecule has 1 aromatic rings.